The molecular weight excluding hydrogens is 228 g/mol. The van der Waals surface area contributed by atoms with Crippen molar-refractivity contribution in [2.75, 3.05) is 26.7 Å². The van der Waals surface area contributed by atoms with Gasteiger partial charge in [-0.1, -0.05) is 0 Å². The number of nitrogens with zero attached hydrogens (tertiary/aromatic N) is 2. The molecule has 0 amide bonds. The number of hydrogen-bond donors (Lipinski definition) is 0. The van der Waals surface area contributed by atoms with Crippen LogP contribution in [0.25, 0.3) is 0 Å². The van der Waals surface area contributed by atoms with E-state index in [-0.39, 0.29) is 5.78 Å². The van der Waals surface area contributed by atoms with Crippen molar-refractivity contribution in [3.05, 3.63) is 24.0 Å². The van der Waals surface area contributed by atoms with E-state index in [4.69, 9.17) is 4.74 Å². The van der Waals surface area contributed by atoms with E-state index in [1.54, 1.807) is 0 Å². The lowest BCUT2D eigenvalue weighted by Gasteiger charge is -2.26. The summed E-state index contributed by atoms with van der Waals surface area (Å²) in [6.45, 7) is 2.17. The van der Waals surface area contributed by atoms with Crippen LogP contribution >= 0.6 is 0 Å². The standard InChI is InChI=1S/C14H22N2O2/c1-15-7-6-12(9-15)14(17)11-16(2)10-13-5-3-4-8-18-13/h6-7,9,13H,3-5,8,10-11H2,1-2H3. The molecule has 1 aliphatic heterocycles. The summed E-state index contributed by atoms with van der Waals surface area (Å²) < 4.78 is 7.58. The number of aryl methyl sites for hydroxylation is 1. The van der Waals surface area contributed by atoms with Crippen molar-refractivity contribution >= 4 is 5.78 Å². The molecule has 1 saturated heterocycles. The number of carbonyl (C=O) groups excluding carboxylic acids is 1. The summed E-state index contributed by atoms with van der Waals surface area (Å²) in [4.78, 5) is 14.1. The number of ketones is 1. The maximum atomic E-state index is 12.0. The molecule has 1 aromatic heterocycles. The molecule has 1 unspecified atom stereocenters. The van der Waals surface area contributed by atoms with Gasteiger partial charge in [-0.3, -0.25) is 9.69 Å². The first-order valence-corrected chi connectivity index (χ1v) is 6.60. The van der Waals surface area contributed by atoms with Crippen LogP contribution in [0.1, 0.15) is 29.6 Å². The van der Waals surface area contributed by atoms with Crippen LogP contribution in [-0.2, 0) is 11.8 Å². The van der Waals surface area contributed by atoms with E-state index in [1.165, 1.54) is 12.8 Å². The highest BCUT2D eigenvalue weighted by Crippen LogP contribution is 2.13. The van der Waals surface area contributed by atoms with Crippen molar-refractivity contribution in [3.63, 3.8) is 0 Å². The zero-order valence-electron chi connectivity index (χ0n) is 11.3. The van der Waals surface area contributed by atoms with Crippen LogP contribution in [-0.4, -0.2) is 48.1 Å². The Hall–Kier alpha value is -1.13. The Morgan fingerprint density at radius 3 is 3.00 bits per heavy atom. The molecule has 0 radical (unpaired) electrons. The Kier molecular flexibility index (Phi) is 4.55. The lowest BCUT2D eigenvalue weighted by atomic mass is 10.1. The van der Waals surface area contributed by atoms with E-state index in [2.05, 4.69) is 4.90 Å². The van der Waals surface area contributed by atoms with Gasteiger partial charge >= 0.3 is 0 Å². The summed E-state index contributed by atoms with van der Waals surface area (Å²) >= 11 is 0. The van der Waals surface area contributed by atoms with Crippen molar-refractivity contribution in [1.29, 1.82) is 0 Å². The molecule has 0 saturated carbocycles. The predicted octanol–water partition coefficient (Wildman–Crippen LogP) is 1.71. The van der Waals surface area contributed by atoms with Crippen molar-refractivity contribution in [2.45, 2.75) is 25.4 Å². The van der Waals surface area contributed by atoms with Crippen LogP contribution < -0.4 is 0 Å². The van der Waals surface area contributed by atoms with E-state index in [1.807, 2.05) is 37.1 Å². The summed E-state index contributed by atoms with van der Waals surface area (Å²) in [5, 5.41) is 0. The highest BCUT2D eigenvalue weighted by atomic mass is 16.5. The Bertz CT molecular complexity index is 394. The third kappa shape index (κ3) is 3.68. The van der Waals surface area contributed by atoms with Gasteiger partial charge in [-0.15, -0.1) is 0 Å². The molecule has 0 spiro atoms. The molecule has 0 bridgehead atoms. The van der Waals surface area contributed by atoms with Crippen molar-refractivity contribution in [3.8, 4) is 0 Å². The third-order valence-electron chi connectivity index (χ3n) is 3.36. The second kappa shape index (κ2) is 6.16. The lowest BCUT2D eigenvalue weighted by molar-refractivity contribution is -0.000668. The first-order valence-electron chi connectivity index (χ1n) is 6.60. The van der Waals surface area contributed by atoms with Gasteiger partial charge in [-0.05, 0) is 32.4 Å². The minimum absolute atomic E-state index is 0.175. The summed E-state index contributed by atoms with van der Waals surface area (Å²) in [6, 6.07) is 1.87. The van der Waals surface area contributed by atoms with Crippen molar-refractivity contribution < 1.29 is 9.53 Å². The highest BCUT2D eigenvalue weighted by molar-refractivity contribution is 5.97. The molecule has 1 fully saturated rings. The topological polar surface area (TPSA) is 34.5 Å². The quantitative estimate of drug-likeness (QED) is 0.746. The zero-order valence-corrected chi connectivity index (χ0v) is 11.3. The smallest absolute Gasteiger partial charge is 0.178 e. The van der Waals surface area contributed by atoms with Crippen LogP contribution in [0.5, 0.6) is 0 Å². The Morgan fingerprint density at radius 1 is 1.56 bits per heavy atom. The van der Waals surface area contributed by atoms with E-state index in [9.17, 15) is 4.79 Å². The summed E-state index contributed by atoms with van der Waals surface area (Å²) in [5.74, 6) is 0.175. The molecule has 2 rings (SSSR count). The number of carbonyl (C=O) groups is 1. The van der Waals surface area contributed by atoms with Gasteiger partial charge < -0.3 is 9.30 Å². The van der Waals surface area contributed by atoms with Gasteiger partial charge in [0.05, 0.1) is 12.6 Å². The average Bonchev–Trinajstić information content (AvgIpc) is 2.77. The molecule has 0 aliphatic carbocycles. The van der Waals surface area contributed by atoms with Crippen molar-refractivity contribution in [1.82, 2.24) is 9.47 Å². The monoisotopic (exact) mass is 250 g/mol. The molecule has 0 N–H and O–H groups in total. The fraction of sp³-hybridized carbons (Fsp3) is 0.643. The fourth-order valence-electron chi connectivity index (χ4n) is 2.37. The van der Waals surface area contributed by atoms with Gasteiger partial charge in [0.1, 0.15) is 0 Å². The molecular formula is C14H22N2O2. The van der Waals surface area contributed by atoms with Gasteiger partial charge in [-0.25, -0.2) is 0 Å². The number of Topliss-reactive ketones (excluding diaryl/α,β-unsaturated/α-hetero) is 1. The van der Waals surface area contributed by atoms with E-state index in [0.717, 1.165) is 25.1 Å². The third-order valence-corrected chi connectivity index (χ3v) is 3.36. The first-order chi connectivity index (χ1) is 8.65. The molecule has 4 nitrogen and oxygen atoms in total. The first kappa shape index (κ1) is 13.3. The summed E-state index contributed by atoms with van der Waals surface area (Å²) in [5.41, 5.74) is 0.786. The highest BCUT2D eigenvalue weighted by Gasteiger charge is 2.17. The van der Waals surface area contributed by atoms with E-state index >= 15 is 0 Å². The van der Waals surface area contributed by atoms with Crippen LogP contribution in [0, 0.1) is 0 Å². The van der Waals surface area contributed by atoms with E-state index < -0.39 is 0 Å². The van der Waals surface area contributed by atoms with Gasteiger partial charge in [0.25, 0.3) is 0 Å². The SMILES string of the molecule is CN(CC(=O)c1ccn(C)c1)CC1CCCCO1. The minimum atomic E-state index is 0.175. The van der Waals surface area contributed by atoms with Gasteiger partial charge in [-0.2, -0.15) is 0 Å². The minimum Gasteiger partial charge on any atom is -0.377 e. The maximum absolute atomic E-state index is 12.0. The molecule has 18 heavy (non-hydrogen) atoms. The van der Waals surface area contributed by atoms with Gasteiger partial charge in [0.15, 0.2) is 5.78 Å². The zero-order chi connectivity index (χ0) is 13.0. The molecule has 2 heterocycles. The van der Waals surface area contributed by atoms with E-state index in [0.29, 0.717) is 12.6 Å². The molecule has 1 aromatic rings. The van der Waals surface area contributed by atoms with Crippen LogP contribution in [0.4, 0.5) is 0 Å². The Labute approximate surface area is 109 Å². The summed E-state index contributed by atoms with van der Waals surface area (Å²) in [7, 11) is 3.91. The van der Waals surface area contributed by atoms with Gasteiger partial charge in [0.2, 0.25) is 0 Å². The lowest BCUT2D eigenvalue weighted by Crippen LogP contribution is -2.36. The second-order valence-electron chi connectivity index (χ2n) is 5.17. The molecule has 100 valence electrons. The van der Waals surface area contributed by atoms with Gasteiger partial charge in [0, 0.05) is 38.2 Å². The number of likely N-dealkylation sites (N-methyl/N-ethyl adjacent to an activating group) is 1. The average molecular weight is 250 g/mol. The van der Waals surface area contributed by atoms with Crippen LogP contribution in [0.3, 0.4) is 0 Å². The maximum Gasteiger partial charge on any atom is 0.178 e. The molecule has 4 heteroatoms. The molecule has 0 aromatic carbocycles. The predicted molar refractivity (Wildman–Crippen MR) is 70.8 cm³/mol. The second-order valence-corrected chi connectivity index (χ2v) is 5.17. The number of ether oxygens (including phenoxy) is 1. The normalized spacial score (nSPS) is 20.3. The van der Waals surface area contributed by atoms with Crippen LogP contribution in [0.15, 0.2) is 18.5 Å². The number of aromatic nitrogens is 1. The Morgan fingerprint density at radius 2 is 2.39 bits per heavy atom. The largest absolute Gasteiger partial charge is 0.377 e. The van der Waals surface area contributed by atoms with Crippen molar-refractivity contribution in [2.24, 2.45) is 7.05 Å². The number of rotatable bonds is 5. The number of hydrogen-bond acceptors (Lipinski definition) is 3. The Balaban J connectivity index is 1.79. The fourth-order valence-corrected chi connectivity index (χ4v) is 2.37. The van der Waals surface area contributed by atoms with Crippen LogP contribution in [0.2, 0.25) is 0 Å². The molecule has 1 atom stereocenters. The molecule has 1 aliphatic rings. The summed E-state index contributed by atoms with van der Waals surface area (Å²) in [6.07, 6.45) is 7.59.